The predicted molar refractivity (Wildman–Crippen MR) is 199 cm³/mol. The number of hydrogen-bond acceptors (Lipinski definition) is 0. The largest absolute Gasteiger partial charge is 2.00 e. The quantitative estimate of drug-likeness (QED) is 0.179. The van der Waals surface area contributed by atoms with Gasteiger partial charge >= 0.3 is 19.8 Å². The van der Waals surface area contributed by atoms with Gasteiger partial charge in [0, 0.05) is 17.2 Å². The fourth-order valence-electron chi connectivity index (χ4n) is 8.75. The molecule has 1 heterocycles. The minimum Gasteiger partial charge on any atom is -0.358 e. The van der Waals surface area contributed by atoms with E-state index in [9.17, 15) is 4.39 Å². The van der Waals surface area contributed by atoms with E-state index in [-0.39, 0.29) is 34.6 Å². The van der Waals surface area contributed by atoms with Crippen LogP contribution in [0.15, 0.2) is 36.7 Å². The minimum atomic E-state index is -0.548. The third-order valence-corrected chi connectivity index (χ3v) is 12.5. The maximum absolute atomic E-state index is 15.2. The third-order valence-electron chi connectivity index (χ3n) is 12.5. The van der Waals surface area contributed by atoms with E-state index in [4.69, 9.17) is 0 Å². The Labute approximate surface area is 307 Å². The van der Waals surface area contributed by atoms with Gasteiger partial charge in [-0.15, -0.1) is 0 Å². The molecule has 2 aliphatic carbocycles. The number of imidazole rings is 1. The van der Waals surface area contributed by atoms with Crippen LogP contribution in [0.2, 0.25) is 0 Å². The maximum Gasteiger partial charge on any atom is 2.00 e. The van der Waals surface area contributed by atoms with Gasteiger partial charge in [-0.05, 0) is 95.6 Å². The molecule has 0 aliphatic heterocycles. The molecule has 0 N–H and O–H groups in total. The molecule has 3 aromatic rings. The summed E-state index contributed by atoms with van der Waals surface area (Å²) in [5.74, 6) is 7.23. The summed E-state index contributed by atoms with van der Waals surface area (Å²) < 4.78 is 33.3. The molecule has 0 bridgehead atoms. The van der Waals surface area contributed by atoms with Crippen LogP contribution in [0.3, 0.4) is 0 Å². The van der Waals surface area contributed by atoms with Gasteiger partial charge in [-0.25, -0.2) is 13.3 Å². The number of aromatic nitrogens is 2. The van der Waals surface area contributed by atoms with Crippen molar-refractivity contribution in [3.63, 3.8) is 0 Å². The summed E-state index contributed by atoms with van der Waals surface area (Å²) in [7, 11) is 1.93. The van der Waals surface area contributed by atoms with Crippen molar-refractivity contribution < 1.29 is 33.1 Å². The molecule has 0 radical (unpaired) electrons. The average molecular weight is 840 g/mol. The van der Waals surface area contributed by atoms with Gasteiger partial charge in [0.1, 0.15) is 35.3 Å². The maximum atomic E-state index is 15.2. The molecule has 270 valence electrons. The SMILES string of the molecule is CC1CC(C)C(C)C1C.Cc1cc(F)cc(F)c1-c1n(-c2c(C(C)C)cc(C3C(C)C(C)C(C)C3C)cc2C(C)C)cc[n+]1C.[CH3-].[CH3-].[Os+2]. The van der Waals surface area contributed by atoms with Crippen LogP contribution in [0.5, 0.6) is 0 Å². The smallest absolute Gasteiger partial charge is 0.358 e. The standard InChI is InChI=1S/C32H43F2N2.C9H18.2CH3.Os/c1-17(2)26-14-24(30-22(8)20(6)21(7)23(30)9)15-27(18(3)4)31(26)36-12-11-35(10)32(36)29-19(5)13-25(33)16-28(29)34;1-6-5-7(2)9(4)8(6)3;;;/h11-18,20-23,30H,1-10H3;6-9H,5H2,1-4H3;2*1H3;/q+1;;2*-1;+2. The molecule has 2 aliphatic rings. The number of nitrogens with zero attached hydrogens (tertiary/aromatic N) is 2. The molecule has 5 rings (SSSR count). The molecule has 0 saturated heterocycles. The number of benzene rings is 2. The third kappa shape index (κ3) is 8.36. The van der Waals surface area contributed by atoms with E-state index in [1.165, 1.54) is 29.2 Å². The monoisotopic (exact) mass is 841 g/mol. The second kappa shape index (κ2) is 17.4. The Morgan fingerprint density at radius 1 is 0.708 bits per heavy atom. The first kappa shape index (κ1) is 44.2. The predicted octanol–water partition coefficient (Wildman–Crippen LogP) is 12.3. The summed E-state index contributed by atoms with van der Waals surface area (Å²) in [5, 5.41) is 0. The van der Waals surface area contributed by atoms with Crippen molar-refractivity contribution in [2.75, 3.05) is 0 Å². The van der Waals surface area contributed by atoms with Gasteiger partial charge in [0.25, 0.3) is 5.82 Å². The van der Waals surface area contributed by atoms with Crippen LogP contribution in [0, 0.1) is 80.8 Å². The Bertz CT molecular complexity index is 1410. The molecule has 0 amide bonds. The van der Waals surface area contributed by atoms with Gasteiger partial charge < -0.3 is 14.9 Å². The summed E-state index contributed by atoms with van der Waals surface area (Å²) >= 11 is 0. The van der Waals surface area contributed by atoms with Gasteiger partial charge in [-0.2, -0.15) is 4.57 Å². The van der Waals surface area contributed by atoms with Crippen molar-refractivity contribution in [3.05, 3.63) is 85.4 Å². The number of rotatable bonds is 5. The second-order valence-corrected chi connectivity index (χ2v) is 15.9. The molecule has 5 heteroatoms. The summed E-state index contributed by atoms with van der Waals surface area (Å²) in [6, 6.07) is 7.25. The topological polar surface area (TPSA) is 8.81 Å². The fourth-order valence-corrected chi connectivity index (χ4v) is 8.75. The van der Waals surface area contributed by atoms with E-state index in [0.717, 1.165) is 41.2 Å². The first-order valence-electron chi connectivity index (χ1n) is 17.7. The normalized spacial score (nSPS) is 28.0. The fraction of sp³-hybridized carbons (Fsp3) is 0.605. The Kier molecular flexibility index (Phi) is 16.0. The van der Waals surface area contributed by atoms with E-state index in [1.54, 1.807) is 6.92 Å². The molecule has 2 aromatic carbocycles. The van der Waals surface area contributed by atoms with Gasteiger partial charge in [0.15, 0.2) is 0 Å². The van der Waals surface area contributed by atoms with E-state index in [0.29, 0.717) is 52.6 Å². The number of halogens is 2. The van der Waals surface area contributed by atoms with Crippen LogP contribution < -0.4 is 4.57 Å². The van der Waals surface area contributed by atoms with Crippen molar-refractivity contribution in [3.8, 4) is 17.1 Å². The molecular weight excluding hydrogens is 773 g/mol. The van der Waals surface area contributed by atoms with Gasteiger partial charge in [0.05, 0.1) is 7.05 Å². The number of hydrogen-bond donors (Lipinski definition) is 0. The van der Waals surface area contributed by atoms with Crippen LogP contribution in [-0.2, 0) is 26.8 Å². The Morgan fingerprint density at radius 3 is 1.54 bits per heavy atom. The Hall–Kier alpha value is -1.85. The van der Waals surface area contributed by atoms with Gasteiger partial charge in [0.2, 0.25) is 0 Å². The van der Waals surface area contributed by atoms with Crippen LogP contribution in [-0.4, -0.2) is 4.57 Å². The summed E-state index contributed by atoms with van der Waals surface area (Å²) in [6.07, 6.45) is 5.43. The molecule has 48 heavy (non-hydrogen) atoms. The van der Waals surface area contributed by atoms with Crippen molar-refractivity contribution >= 4 is 0 Å². The molecule has 2 fully saturated rings. The second-order valence-electron chi connectivity index (χ2n) is 15.9. The summed E-state index contributed by atoms with van der Waals surface area (Å²) in [5.41, 5.74) is 6.15. The van der Waals surface area contributed by atoms with E-state index < -0.39 is 11.6 Å². The Morgan fingerprint density at radius 2 is 1.17 bits per heavy atom. The first-order chi connectivity index (χ1) is 21.0. The molecule has 0 spiro atoms. The van der Waals surface area contributed by atoms with Gasteiger partial charge in [-0.1, -0.05) is 95.2 Å². The summed E-state index contributed by atoms with van der Waals surface area (Å²) in [4.78, 5) is 0. The van der Waals surface area contributed by atoms with E-state index >= 15 is 4.39 Å². The minimum absolute atomic E-state index is 0. The Balaban J connectivity index is 0.000000835. The average Bonchev–Trinajstić information content (AvgIpc) is 3.50. The summed E-state index contributed by atoms with van der Waals surface area (Å²) in [6.45, 7) is 29.9. The van der Waals surface area contributed by atoms with Crippen LogP contribution in [0.1, 0.15) is 130 Å². The molecule has 8 atom stereocenters. The van der Waals surface area contributed by atoms with Crippen LogP contribution in [0.4, 0.5) is 8.78 Å². The van der Waals surface area contributed by atoms with E-state index in [2.05, 4.69) is 99.8 Å². The zero-order valence-corrected chi connectivity index (χ0v) is 35.6. The van der Waals surface area contributed by atoms with Crippen molar-refractivity contribution in [2.24, 2.45) is 54.4 Å². The molecule has 2 nitrogen and oxygen atoms in total. The zero-order chi connectivity index (χ0) is 33.7. The van der Waals surface area contributed by atoms with Crippen LogP contribution >= 0.6 is 0 Å². The van der Waals surface area contributed by atoms with Crippen LogP contribution in [0.25, 0.3) is 17.1 Å². The molecule has 8 unspecified atom stereocenters. The first-order valence-corrected chi connectivity index (χ1v) is 17.7. The van der Waals surface area contributed by atoms with Crippen molar-refractivity contribution in [1.29, 1.82) is 0 Å². The molecule has 2 saturated carbocycles. The zero-order valence-electron chi connectivity index (χ0n) is 33.0. The van der Waals surface area contributed by atoms with Crippen molar-refractivity contribution in [2.45, 2.75) is 114 Å². The number of aryl methyl sites for hydroxylation is 2. The molecule has 1 aromatic heterocycles. The molecular formula is C43H67F2N2Os+. The van der Waals surface area contributed by atoms with Crippen molar-refractivity contribution in [1.82, 2.24) is 4.57 Å². The van der Waals surface area contributed by atoms with Gasteiger partial charge in [-0.3, -0.25) is 0 Å². The van der Waals surface area contributed by atoms with E-state index in [1.807, 2.05) is 24.0 Å².